The molecule has 17 heavy (non-hydrogen) atoms. The molecule has 1 fully saturated rings. The zero-order valence-corrected chi connectivity index (χ0v) is 9.76. The van der Waals surface area contributed by atoms with Crippen LogP contribution in [0.1, 0.15) is 32.1 Å². The number of amides is 1. The Kier molecular flexibility index (Phi) is 5.37. The van der Waals surface area contributed by atoms with E-state index in [2.05, 4.69) is 5.32 Å². The van der Waals surface area contributed by atoms with Crippen molar-refractivity contribution in [2.75, 3.05) is 6.61 Å². The molecule has 1 saturated carbocycles. The molecule has 3 atom stereocenters. The van der Waals surface area contributed by atoms with Crippen LogP contribution in [0.3, 0.4) is 0 Å². The lowest BCUT2D eigenvalue weighted by Crippen LogP contribution is -2.46. The number of hydrogen-bond donors (Lipinski definition) is 4. The molecule has 0 radical (unpaired) electrons. The summed E-state index contributed by atoms with van der Waals surface area (Å²) in [6.45, 7) is -0.262. The number of nitrogens with one attached hydrogen (secondary N) is 1. The van der Waals surface area contributed by atoms with E-state index in [0.29, 0.717) is 6.42 Å². The second-order valence-corrected chi connectivity index (χ2v) is 4.54. The first-order valence-corrected chi connectivity index (χ1v) is 5.94. The van der Waals surface area contributed by atoms with E-state index in [4.69, 9.17) is 15.9 Å². The molecule has 0 aromatic carbocycles. The Morgan fingerprint density at radius 1 is 1.41 bits per heavy atom. The summed E-state index contributed by atoms with van der Waals surface area (Å²) in [5.41, 5.74) is 5.78. The Labute approximate surface area is 100 Å². The van der Waals surface area contributed by atoms with E-state index in [1.165, 1.54) is 0 Å². The fourth-order valence-electron chi connectivity index (χ4n) is 2.14. The van der Waals surface area contributed by atoms with E-state index in [-0.39, 0.29) is 30.9 Å². The predicted octanol–water partition coefficient (Wildman–Crippen LogP) is -0.544. The lowest BCUT2D eigenvalue weighted by Gasteiger charge is -2.26. The van der Waals surface area contributed by atoms with Crippen LogP contribution in [0.25, 0.3) is 0 Å². The zero-order chi connectivity index (χ0) is 12.8. The van der Waals surface area contributed by atoms with E-state index in [0.717, 1.165) is 19.3 Å². The number of hydrogen-bond acceptors (Lipinski definition) is 4. The van der Waals surface area contributed by atoms with Gasteiger partial charge in [-0.05, 0) is 19.3 Å². The van der Waals surface area contributed by atoms with Crippen LogP contribution in [0.2, 0.25) is 0 Å². The number of carboxylic acids is 1. The molecule has 98 valence electrons. The Morgan fingerprint density at radius 3 is 2.65 bits per heavy atom. The molecule has 0 aliphatic heterocycles. The van der Waals surface area contributed by atoms with Crippen molar-refractivity contribution in [1.82, 2.24) is 5.32 Å². The highest BCUT2D eigenvalue weighted by molar-refractivity contribution is 5.85. The number of aliphatic hydroxyl groups is 1. The molecule has 0 bridgehead atoms. The molecule has 0 heterocycles. The highest BCUT2D eigenvalue weighted by Crippen LogP contribution is 2.23. The van der Waals surface area contributed by atoms with Crippen molar-refractivity contribution in [1.29, 1.82) is 0 Å². The van der Waals surface area contributed by atoms with Gasteiger partial charge in [0, 0.05) is 25.0 Å². The van der Waals surface area contributed by atoms with Gasteiger partial charge in [-0.25, -0.2) is 4.79 Å². The van der Waals surface area contributed by atoms with E-state index in [9.17, 15) is 9.59 Å². The first-order valence-electron chi connectivity index (χ1n) is 5.94. The molecule has 0 aromatic rings. The number of carbonyl (C=O) groups is 2. The second-order valence-electron chi connectivity index (χ2n) is 4.54. The molecule has 1 aliphatic rings. The van der Waals surface area contributed by atoms with Crippen LogP contribution in [0, 0.1) is 5.92 Å². The Balaban J connectivity index is 2.48. The molecular formula is C11H20N2O4. The lowest BCUT2D eigenvalue weighted by atomic mass is 9.85. The zero-order valence-electron chi connectivity index (χ0n) is 9.76. The van der Waals surface area contributed by atoms with E-state index < -0.39 is 12.0 Å². The van der Waals surface area contributed by atoms with Crippen molar-refractivity contribution >= 4 is 11.9 Å². The van der Waals surface area contributed by atoms with Gasteiger partial charge in [0.2, 0.25) is 5.91 Å². The van der Waals surface area contributed by atoms with E-state index >= 15 is 0 Å². The van der Waals surface area contributed by atoms with E-state index in [1.54, 1.807) is 0 Å². The van der Waals surface area contributed by atoms with Gasteiger partial charge in [0.15, 0.2) is 0 Å². The van der Waals surface area contributed by atoms with Crippen molar-refractivity contribution in [2.45, 2.75) is 44.2 Å². The summed E-state index contributed by atoms with van der Waals surface area (Å²) in [6, 6.07) is -0.980. The molecule has 0 aromatic heterocycles. The highest BCUT2D eigenvalue weighted by Gasteiger charge is 2.28. The van der Waals surface area contributed by atoms with Crippen LogP contribution in [0.4, 0.5) is 0 Å². The Bertz CT molecular complexity index is 283. The van der Waals surface area contributed by atoms with Crippen LogP contribution < -0.4 is 11.1 Å². The largest absolute Gasteiger partial charge is 0.480 e. The van der Waals surface area contributed by atoms with E-state index in [1.807, 2.05) is 0 Å². The number of aliphatic hydroxyl groups excluding tert-OH is 1. The average molecular weight is 244 g/mol. The number of carbonyl (C=O) groups excluding carboxylic acids is 1. The van der Waals surface area contributed by atoms with Crippen molar-refractivity contribution in [3.05, 3.63) is 0 Å². The summed E-state index contributed by atoms with van der Waals surface area (Å²) in [5.74, 6) is -1.58. The average Bonchev–Trinajstić information content (AvgIpc) is 2.28. The second kappa shape index (κ2) is 6.56. The summed E-state index contributed by atoms with van der Waals surface area (Å²) >= 11 is 0. The molecule has 1 aliphatic carbocycles. The Hall–Kier alpha value is -1.14. The van der Waals surface area contributed by atoms with Crippen molar-refractivity contribution in [3.63, 3.8) is 0 Å². The smallest absolute Gasteiger partial charge is 0.326 e. The van der Waals surface area contributed by atoms with Gasteiger partial charge in [0.05, 0.1) is 0 Å². The van der Waals surface area contributed by atoms with Crippen molar-refractivity contribution < 1.29 is 19.8 Å². The molecule has 6 heteroatoms. The maximum Gasteiger partial charge on any atom is 0.326 e. The maximum absolute atomic E-state index is 11.8. The lowest BCUT2D eigenvalue weighted by molar-refractivity contribution is -0.143. The third kappa shape index (κ3) is 4.32. The SMILES string of the molecule is NC1CCCC(C(=O)NC(CCO)C(=O)O)C1. The first kappa shape index (κ1) is 13.9. The van der Waals surface area contributed by atoms with Crippen LogP contribution in [0.15, 0.2) is 0 Å². The Morgan fingerprint density at radius 2 is 2.12 bits per heavy atom. The molecule has 6 nitrogen and oxygen atoms in total. The molecule has 5 N–H and O–H groups in total. The minimum absolute atomic E-state index is 0.0276. The van der Waals surface area contributed by atoms with Crippen LogP contribution in [0.5, 0.6) is 0 Å². The summed E-state index contributed by atoms with van der Waals surface area (Å²) < 4.78 is 0. The van der Waals surface area contributed by atoms with Gasteiger partial charge in [0.25, 0.3) is 0 Å². The topological polar surface area (TPSA) is 113 Å². The first-order chi connectivity index (χ1) is 8.04. The molecule has 0 saturated heterocycles. The van der Waals surface area contributed by atoms with Crippen molar-refractivity contribution in [2.24, 2.45) is 11.7 Å². The summed E-state index contributed by atoms with van der Waals surface area (Å²) in [6.07, 6.45) is 3.21. The summed E-state index contributed by atoms with van der Waals surface area (Å²) in [4.78, 5) is 22.6. The van der Waals surface area contributed by atoms with Gasteiger partial charge in [0.1, 0.15) is 6.04 Å². The third-order valence-corrected chi connectivity index (χ3v) is 3.12. The molecule has 1 amide bonds. The highest BCUT2D eigenvalue weighted by atomic mass is 16.4. The summed E-state index contributed by atoms with van der Waals surface area (Å²) in [5, 5.41) is 20.0. The van der Waals surface area contributed by atoms with Gasteiger partial charge in [-0.15, -0.1) is 0 Å². The molecule has 3 unspecified atom stereocenters. The standard InChI is InChI=1S/C11H20N2O4/c12-8-3-1-2-7(6-8)10(15)13-9(4-5-14)11(16)17/h7-9,14H,1-6,12H2,(H,13,15)(H,16,17). The predicted molar refractivity (Wildman–Crippen MR) is 61.2 cm³/mol. The number of nitrogens with two attached hydrogens (primary N) is 1. The van der Waals surface area contributed by atoms with Crippen LogP contribution in [-0.2, 0) is 9.59 Å². The maximum atomic E-state index is 11.8. The number of carboxylic acid groups (broad SMARTS) is 1. The normalized spacial score (nSPS) is 26.2. The number of aliphatic carboxylic acids is 1. The van der Waals surface area contributed by atoms with Gasteiger partial charge >= 0.3 is 5.97 Å². The number of rotatable bonds is 5. The van der Waals surface area contributed by atoms with Gasteiger partial charge in [-0.3, -0.25) is 4.79 Å². The van der Waals surface area contributed by atoms with Crippen molar-refractivity contribution in [3.8, 4) is 0 Å². The molecule has 1 rings (SSSR count). The third-order valence-electron chi connectivity index (χ3n) is 3.12. The van der Waals surface area contributed by atoms with Crippen LogP contribution in [-0.4, -0.2) is 40.8 Å². The van der Waals surface area contributed by atoms with Crippen LogP contribution >= 0.6 is 0 Å². The monoisotopic (exact) mass is 244 g/mol. The summed E-state index contributed by atoms with van der Waals surface area (Å²) in [7, 11) is 0. The fourth-order valence-corrected chi connectivity index (χ4v) is 2.14. The van der Waals surface area contributed by atoms with Gasteiger partial charge in [-0.1, -0.05) is 6.42 Å². The van der Waals surface area contributed by atoms with Gasteiger partial charge in [-0.2, -0.15) is 0 Å². The minimum Gasteiger partial charge on any atom is -0.480 e. The van der Waals surface area contributed by atoms with Gasteiger partial charge < -0.3 is 21.3 Å². The quantitative estimate of drug-likeness (QED) is 0.518. The fraction of sp³-hybridized carbons (Fsp3) is 0.818. The molecule has 0 spiro atoms. The molecular weight excluding hydrogens is 224 g/mol. The minimum atomic E-state index is -1.12.